The van der Waals surface area contributed by atoms with Crippen molar-refractivity contribution in [2.75, 3.05) is 0 Å². The van der Waals surface area contributed by atoms with Crippen molar-refractivity contribution in [3.05, 3.63) is 177 Å². The molecule has 0 aromatic heterocycles. The Hall–Kier alpha value is -3.69. The molecule has 6 aromatic rings. The molecule has 54 heavy (non-hydrogen) atoms. The largest absolute Gasteiger partial charge is 0.507 e. The first-order valence-electron chi connectivity index (χ1n) is 18.1. The zero-order valence-electron chi connectivity index (χ0n) is 34.0. The van der Waals surface area contributed by atoms with E-state index in [4.69, 9.17) is 0 Å². The summed E-state index contributed by atoms with van der Waals surface area (Å²) in [5, 5.41) is 21.0. The van der Waals surface area contributed by atoms with Crippen molar-refractivity contribution < 1.29 is 32.6 Å². The number of rotatable bonds is 4. The van der Waals surface area contributed by atoms with E-state index in [1.165, 1.54) is 0 Å². The number of benzene rings is 6. The summed E-state index contributed by atoms with van der Waals surface area (Å²) in [7, 11) is -2.58. The molecule has 0 saturated heterocycles. The maximum absolute atomic E-state index is 10.5. The van der Waals surface area contributed by atoms with Gasteiger partial charge in [-0.05, 0) is 22.3 Å². The van der Waals surface area contributed by atoms with Crippen molar-refractivity contribution in [3.63, 3.8) is 0 Å². The molecule has 0 aliphatic carbocycles. The molecule has 2 N–H and O–H groups in total. The second-order valence-corrected chi connectivity index (χ2v) is 31.9. The van der Waals surface area contributed by atoms with Crippen LogP contribution >= 0.6 is 0 Å². The van der Waals surface area contributed by atoms with Crippen LogP contribution in [0.5, 0.6) is 11.5 Å². The van der Waals surface area contributed by atoms with Crippen LogP contribution in [0.15, 0.2) is 158 Å². The predicted molar refractivity (Wildman–Crippen MR) is 244 cm³/mol. The van der Waals surface area contributed by atoms with Crippen LogP contribution in [0.2, 0.25) is 58.9 Å². The van der Waals surface area contributed by atoms with Gasteiger partial charge in [-0.1, -0.05) is 217 Å². The fraction of sp³-hybridized carbons (Fsp3) is 0.188. The van der Waals surface area contributed by atoms with Crippen molar-refractivity contribution >= 4 is 24.2 Å². The summed E-state index contributed by atoms with van der Waals surface area (Å²) in [5.41, 5.74) is 7.55. The summed E-state index contributed by atoms with van der Waals surface area (Å²) in [6.45, 7) is 31.7. The normalized spacial score (nSPS) is 10.6. The first-order valence-corrected chi connectivity index (χ1v) is 29.3. The van der Waals surface area contributed by atoms with E-state index >= 15 is 0 Å². The second-order valence-electron chi connectivity index (χ2n) is 16.5. The first kappa shape index (κ1) is 48.3. The van der Waals surface area contributed by atoms with Gasteiger partial charge in [0.1, 0.15) is 11.5 Å². The van der Waals surface area contributed by atoms with E-state index in [2.05, 4.69) is 78.6 Å². The molecule has 0 unspecified atom stereocenters. The molecule has 2 nitrogen and oxygen atoms in total. The Morgan fingerprint density at radius 2 is 0.444 bits per heavy atom. The number of phenolic OH excluding ortho intramolecular Hbond substituents is 2. The van der Waals surface area contributed by atoms with E-state index in [9.17, 15) is 10.2 Å². The second kappa shape index (κ2) is 23.3. The van der Waals surface area contributed by atoms with Gasteiger partial charge in [-0.2, -0.15) is 0 Å². The van der Waals surface area contributed by atoms with Crippen LogP contribution in [0.25, 0.3) is 44.5 Å². The van der Waals surface area contributed by atoms with Crippen molar-refractivity contribution in [2.45, 2.75) is 58.9 Å². The number of hydrogen-bond donors (Lipinski definition) is 2. The monoisotopic (exact) mass is 934 g/mol. The molecule has 0 fully saturated rings. The van der Waals surface area contributed by atoms with Crippen LogP contribution < -0.4 is 0 Å². The van der Waals surface area contributed by atoms with Gasteiger partial charge in [-0.3, -0.25) is 0 Å². The van der Waals surface area contributed by atoms with E-state index in [1.54, 1.807) is 0 Å². The molecule has 0 aliphatic heterocycles. The predicted octanol–water partition coefficient (Wildman–Crippen LogP) is 14.5. The molecule has 0 atom stereocenters. The average molecular weight is 935 g/mol. The van der Waals surface area contributed by atoms with Crippen molar-refractivity contribution in [1.82, 2.24) is 0 Å². The Morgan fingerprint density at radius 1 is 0.296 bits per heavy atom. The molecular formula is C48H61O2Si3Ta-3. The van der Waals surface area contributed by atoms with Gasteiger partial charge in [-0.15, -0.1) is 24.2 Å². The molecule has 285 valence electrons. The average Bonchev–Trinajstić information content (AvgIpc) is 3.08. The quantitative estimate of drug-likeness (QED) is 0.137. The van der Waals surface area contributed by atoms with Gasteiger partial charge in [0.05, 0.1) is 0 Å². The number of para-hydroxylation sites is 2. The van der Waals surface area contributed by atoms with Crippen molar-refractivity contribution in [1.29, 1.82) is 0 Å². The Morgan fingerprint density at radius 3 is 0.593 bits per heavy atom. The molecule has 0 heterocycles. The maximum atomic E-state index is 10.5. The molecule has 6 aromatic carbocycles. The van der Waals surface area contributed by atoms with E-state index in [0.717, 1.165) is 44.5 Å². The molecule has 0 spiro atoms. The summed E-state index contributed by atoms with van der Waals surface area (Å²) >= 11 is 0. The summed E-state index contributed by atoms with van der Waals surface area (Å²) in [6, 6.07) is 51.5. The van der Waals surface area contributed by atoms with Gasteiger partial charge >= 0.3 is 0 Å². The van der Waals surface area contributed by atoms with Gasteiger partial charge in [0.15, 0.2) is 0 Å². The molecule has 0 amide bonds. The number of phenols is 2. The van der Waals surface area contributed by atoms with E-state index in [0.29, 0.717) is 11.5 Å². The molecular weight excluding hydrogens is 874 g/mol. The fourth-order valence-corrected chi connectivity index (χ4v) is 4.49. The van der Waals surface area contributed by atoms with Gasteiger partial charge in [0.25, 0.3) is 0 Å². The van der Waals surface area contributed by atoms with Crippen molar-refractivity contribution in [2.24, 2.45) is 0 Å². The van der Waals surface area contributed by atoms with Gasteiger partial charge in [-0.25, -0.2) is 0 Å². The maximum Gasteiger partial charge on any atom is 0.131 e. The van der Waals surface area contributed by atoms with Crippen LogP contribution in [0, 0.1) is 19.6 Å². The van der Waals surface area contributed by atoms with Crippen LogP contribution in [-0.4, -0.2) is 34.4 Å². The van der Waals surface area contributed by atoms with Crippen molar-refractivity contribution in [3.8, 4) is 56.0 Å². The molecule has 0 aliphatic rings. The zero-order chi connectivity index (χ0) is 39.7. The molecule has 0 bridgehead atoms. The summed E-state index contributed by atoms with van der Waals surface area (Å²) in [5.74, 6) is 0.666. The third-order valence-corrected chi connectivity index (χ3v) is 6.41. The summed E-state index contributed by atoms with van der Waals surface area (Å²) in [4.78, 5) is 0. The van der Waals surface area contributed by atoms with Gasteiger partial charge in [0, 0.05) is 44.6 Å². The van der Waals surface area contributed by atoms with E-state index in [1.807, 2.05) is 158 Å². The van der Waals surface area contributed by atoms with E-state index < -0.39 is 24.2 Å². The van der Waals surface area contributed by atoms with Crippen LogP contribution in [0.1, 0.15) is 0 Å². The van der Waals surface area contributed by atoms with Crippen LogP contribution in [0.4, 0.5) is 0 Å². The molecule has 0 saturated carbocycles. The van der Waals surface area contributed by atoms with E-state index in [-0.39, 0.29) is 22.4 Å². The third kappa shape index (κ3) is 20.7. The SMILES string of the molecule is Oc1c(-c2ccccc2)cccc1-c1ccccc1.Oc1c(-c2ccccc2)cccc1-c1ccccc1.[CH2-][Si](C)(C)C.[CH2-][Si](C)(C)C.[CH2-][Si](C)(C)C.[Ta]. The minimum atomic E-state index is -0.861. The molecule has 1 radical (unpaired) electrons. The minimum Gasteiger partial charge on any atom is -0.507 e. The first-order chi connectivity index (χ1) is 24.7. The Balaban J connectivity index is 0.000000390. The number of hydrogen-bond acceptors (Lipinski definition) is 2. The molecule has 6 heteroatoms. The Labute approximate surface area is 346 Å². The third-order valence-electron chi connectivity index (χ3n) is 6.41. The zero-order valence-corrected chi connectivity index (χ0v) is 40.2. The standard InChI is InChI=1S/2C18H14O.3C4H11Si.Ta/c2*19-18-16(14-8-3-1-4-9-14)12-7-13-17(18)15-10-5-2-6-11-15;3*1-5(2,3)4;/h2*1-13,19H;3*1H2,2-4H3;/q;;3*-1;. The van der Waals surface area contributed by atoms with Crippen LogP contribution in [-0.2, 0) is 22.4 Å². The number of aromatic hydroxyl groups is 2. The van der Waals surface area contributed by atoms with Gasteiger partial charge < -0.3 is 29.9 Å². The smallest absolute Gasteiger partial charge is 0.131 e. The Bertz CT molecular complexity index is 1610. The topological polar surface area (TPSA) is 40.5 Å². The Kier molecular flexibility index (Phi) is 20.8. The minimum absolute atomic E-state index is 0. The molecule has 6 rings (SSSR count). The summed E-state index contributed by atoms with van der Waals surface area (Å²) in [6.07, 6.45) is 0. The fourth-order valence-electron chi connectivity index (χ4n) is 4.49. The van der Waals surface area contributed by atoms with Crippen LogP contribution in [0.3, 0.4) is 0 Å². The van der Waals surface area contributed by atoms with Gasteiger partial charge in [0.2, 0.25) is 0 Å². The summed E-state index contributed by atoms with van der Waals surface area (Å²) < 4.78 is 0.